The minimum atomic E-state index is -0.488. The molecule has 0 spiro atoms. The lowest BCUT2D eigenvalue weighted by Gasteiger charge is -2.20. The molecule has 0 N–H and O–H groups in total. The van der Waals surface area contributed by atoms with E-state index >= 15 is 0 Å². The zero-order valence-corrected chi connectivity index (χ0v) is 18.7. The van der Waals surface area contributed by atoms with Crippen LogP contribution in [0.2, 0.25) is 0 Å². The molecule has 0 atom stereocenters. The molecule has 1 aliphatic rings. The summed E-state index contributed by atoms with van der Waals surface area (Å²) in [5.74, 6) is -0.152. The van der Waals surface area contributed by atoms with Crippen LogP contribution in [0.1, 0.15) is 43.1 Å². The predicted molar refractivity (Wildman–Crippen MR) is 114 cm³/mol. The molecular formula is C21H21Br2NO3. The van der Waals surface area contributed by atoms with Crippen molar-refractivity contribution in [1.82, 2.24) is 0 Å². The first-order valence-electron chi connectivity index (χ1n) is 8.77. The third-order valence-electron chi connectivity index (χ3n) is 4.50. The Morgan fingerprint density at radius 1 is 1.04 bits per heavy atom. The number of ether oxygens (including phenoxy) is 1. The number of fused-ring (bicyclic) bond motifs is 1. The first-order chi connectivity index (χ1) is 12.7. The summed E-state index contributed by atoms with van der Waals surface area (Å²) in [5.41, 5.74) is 2.43. The molecule has 3 rings (SSSR count). The normalized spacial score (nSPS) is 13.9. The fourth-order valence-corrected chi connectivity index (χ4v) is 4.47. The van der Waals surface area contributed by atoms with Crippen LogP contribution >= 0.6 is 31.9 Å². The summed E-state index contributed by atoms with van der Waals surface area (Å²) in [6, 6.07) is 11.6. The fraction of sp³-hybridized carbons (Fsp3) is 0.333. The fourth-order valence-electron chi connectivity index (χ4n) is 3.03. The predicted octanol–water partition coefficient (Wildman–Crippen LogP) is 5.51. The van der Waals surface area contributed by atoms with Gasteiger partial charge in [0.05, 0.1) is 17.9 Å². The van der Waals surface area contributed by atoms with Gasteiger partial charge in [-0.25, -0.2) is 0 Å². The number of hydrogen-bond donors (Lipinski definition) is 0. The van der Waals surface area contributed by atoms with Crippen molar-refractivity contribution in [3.63, 3.8) is 0 Å². The van der Waals surface area contributed by atoms with Gasteiger partial charge in [0.15, 0.2) is 0 Å². The van der Waals surface area contributed by atoms with Gasteiger partial charge in [0, 0.05) is 15.5 Å². The van der Waals surface area contributed by atoms with Gasteiger partial charge >= 0.3 is 0 Å². The Bertz CT molecular complexity index is 886. The number of halogens is 2. The molecule has 1 aliphatic heterocycles. The highest BCUT2D eigenvalue weighted by Crippen LogP contribution is 2.38. The average molecular weight is 495 g/mol. The Balaban J connectivity index is 1.60. The Morgan fingerprint density at radius 3 is 2.33 bits per heavy atom. The molecular weight excluding hydrogens is 474 g/mol. The highest BCUT2D eigenvalue weighted by molar-refractivity contribution is 9.11. The summed E-state index contributed by atoms with van der Waals surface area (Å²) >= 11 is 6.81. The summed E-state index contributed by atoms with van der Waals surface area (Å²) < 4.78 is 7.28. The van der Waals surface area contributed by atoms with Crippen LogP contribution in [0.25, 0.3) is 0 Å². The lowest BCUT2D eigenvalue weighted by atomic mass is 9.87. The van der Waals surface area contributed by atoms with Gasteiger partial charge in [0.2, 0.25) is 0 Å². The molecule has 1 heterocycles. The number of benzene rings is 2. The number of rotatable bonds is 5. The second-order valence-electron chi connectivity index (χ2n) is 7.55. The molecule has 4 nitrogen and oxygen atoms in total. The number of ketones is 1. The van der Waals surface area contributed by atoms with Crippen molar-refractivity contribution in [3.8, 4) is 5.75 Å². The molecule has 0 bridgehead atoms. The number of hydrogen-bond acceptors (Lipinski definition) is 3. The first kappa shape index (κ1) is 20.1. The second-order valence-corrected chi connectivity index (χ2v) is 9.32. The van der Waals surface area contributed by atoms with E-state index in [1.165, 1.54) is 10.5 Å². The van der Waals surface area contributed by atoms with Gasteiger partial charge in [0.25, 0.3) is 11.7 Å². The molecule has 0 aliphatic carbocycles. The molecule has 1 amide bonds. The number of carbonyl (C=O) groups excluding carboxylic acids is 2. The maximum Gasteiger partial charge on any atom is 0.299 e. The maximum atomic E-state index is 12.3. The monoisotopic (exact) mass is 493 g/mol. The van der Waals surface area contributed by atoms with Crippen molar-refractivity contribution in [2.45, 2.75) is 32.6 Å². The van der Waals surface area contributed by atoms with Crippen molar-refractivity contribution in [3.05, 3.63) is 56.5 Å². The maximum absolute atomic E-state index is 12.3. The van der Waals surface area contributed by atoms with Gasteiger partial charge in [-0.05, 0) is 57.6 Å². The summed E-state index contributed by atoms with van der Waals surface area (Å²) in [5, 5.41) is 0. The number of carbonyl (C=O) groups is 2. The molecule has 27 heavy (non-hydrogen) atoms. The smallest absolute Gasteiger partial charge is 0.299 e. The zero-order valence-electron chi connectivity index (χ0n) is 15.5. The van der Waals surface area contributed by atoms with Gasteiger partial charge in [-0.1, -0.05) is 48.8 Å². The molecule has 2 aromatic rings. The van der Waals surface area contributed by atoms with Crippen LogP contribution in [0.3, 0.4) is 0 Å². The van der Waals surface area contributed by atoms with Crippen molar-refractivity contribution in [2.75, 3.05) is 18.1 Å². The van der Waals surface area contributed by atoms with E-state index in [1.54, 1.807) is 6.07 Å². The minimum Gasteiger partial charge on any atom is -0.494 e. The first-order valence-corrected chi connectivity index (χ1v) is 10.4. The summed E-state index contributed by atoms with van der Waals surface area (Å²) in [6.07, 6.45) is 0.627. The quantitative estimate of drug-likeness (QED) is 0.406. The largest absolute Gasteiger partial charge is 0.494 e. The minimum absolute atomic E-state index is 0.108. The Kier molecular flexibility index (Phi) is 5.77. The van der Waals surface area contributed by atoms with Crippen LogP contribution in [0, 0.1) is 0 Å². The van der Waals surface area contributed by atoms with Crippen molar-refractivity contribution >= 4 is 49.2 Å². The molecule has 0 radical (unpaired) electrons. The van der Waals surface area contributed by atoms with Crippen LogP contribution in [-0.4, -0.2) is 24.8 Å². The molecule has 0 aromatic heterocycles. The van der Waals surface area contributed by atoms with E-state index in [0.29, 0.717) is 30.8 Å². The third kappa shape index (κ3) is 4.27. The number of amides is 1. The van der Waals surface area contributed by atoms with Gasteiger partial charge in [0.1, 0.15) is 5.75 Å². The molecule has 0 unspecified atom stereocenters. The standard InChI is InChI=1S/C21H21Br2NO3/c1-21(2,3)13-5-7-15(8-6-13)27-10-4-9-24-18-16(19(25)20(24)26)11-14(22)12-17(18)23/h5-8,11-12H,4,9-10H2,1-3H3. The summed E-state index contributed by atoms with van der Waals surface area (Å²) in [6.45, 7) is 7.41. The highest BCUT2D eigenvalue weighted by atomic mass is 79.9. The van der Waals surface area contributed by atoms with Crippen molar-refractivity contribution in [2.24, 2.45) is 0 Å². The molecule has 0 fully saturated rings. The summed E-state index contributed by atoms with van der Waals surface area (Å²) in [4.78, 5) is 26.1. The zero-order chi connectivity index (χ0) is 19.8. The van der Waals surface area contributed by atoms with Crippen molar-refractivity contribution < 1.29 is 14.3 Å². The SMILES string of the molecule is CC(C)(C)c1ccc(OCCCN2C(=O)C(=O)c3cc(Br)cc(Br)c32)cc1. The van der Waals surface area contributed by atoms with Crippen LogP contribution in [0.4, 0.5) is 5.69 Å². The number of nitrogens with zero attached hydrogens (tertiary/aromatic N) is 1. The van der Waals surface area contributed by atoms with Gasteiger partial charge < -0.3 is 9.64 Å². The lowest BCUT2D eigenvalue weighted by Crippen LogP contribution is -2.31. The Hall–Kier alpha value is -1.66. The van der Waals surface area contributed by atoms with Crippen molar-refractivity contribution in [1.29, 1.82) is 0 Å². The molecule has 2 aromatic carbocycles. The van der Waals surface area contributed by atoms with Gasteiger partial charge in [-0.3, -0.25) is 9.59 Å². The van der Waals surface area contributed by atoms with Crippen LogP contribution in [0.5, 0.6) is 5.75 Å². The Morgan fingerprint density at radius 2 is 1.70 bits per heavy atom. The number of Topliss-reactive ketones (excluding diaryl/α,β-unsaturated/α-hetero) is 1. The van der Waals surface area contributed by atoms with E-state index in [9.17, 15) is 9.59 Å². The van der Waals surface area contributed by atoms with Crippen LogP contribution in [-0.2, 0) is 10.2 Å². The van der Waals surface area contributed by atoms with Gasteiger partial charge in [-0.2, -0.15) is 0 Å². The van der Waals surface area contributed by atoms with E-state index in [4.69, 9.17) is 4.74 Å². The van der Waals surface area contributed by atoms with Crippen LogP contribution in [0.15, 0.2) is 45.3 Å². The lowest BCUT2D eigenvalue weighted by molar-refractivity contribution is -0.114. The molecule has 142 valence electrons. The Labute approximate surface area is 176 Å². The van der Waals surface area contributed by atoms with E-state index in [1.807, 2.05) is 18.2 Å². The average Bonchev–Trinajstić information content (AvgIpc) is 2.83. The summed E-state index contributed by atoms with van der Waals surface area (Å²) in [7, 11) is 0. The van der Waals surface area contributed by atoms with E-state index in [2.05, 4.69) is 64.8 Å². The molecule has 0 saturated heterocycles. The van der Waals surface area contributed by atoms with E-state index in [-0.39, 0.29) is 5.41 Å². The van der Waals surface area contributed by atoms with Gasteiger partial charge in [-0.15, -0.1) is 0 Å². The topological polar surface area (TPSA) is 46.6 Å². The molecule has 0 saturated carbocycles. The molecule has 6 heteroatoms. The number of anilines is 1. The second kappa shape index (κ2) is 7.76. The van der Waals surface area contributed by atoms with Crippen LogP contribution < -0.4 is 9.64 Å². The third-order valence-corrected chi connectivity index (χ3v) is 5.56. The van der Waals surface area contributed by atoms with E-state index < -0.39 is 11.7 Å². The highest BCUT2D eigenvalue weighted by Gasteiger charge is 2.37. The van der Waals surface area contributed by atoms with E-state index in [0.717, 1.165) is 14.7 Å².